The molecule has 1 aromatic carbocycles. The van der Waals surface area contributed by atoms with Gasteiger partial charge in [-0.05, 0) is 12.0 Å². The summed E-state index contributed by atoms with van der Waals surface area (Å²) in [6.45, 7) is 2.89. The minimum absolute atomic E-state index is 0.0828. The van der Waals surface area contributed by atoms with E-state index in [4.69, 9.17) is 16.3 Å². The van der Waals surface area contributed by atoms with E-state index in [1.54, 1.807) is 0 Å². The summed E-state index contributed by atoms with van der Waals surface area (Å²) in [4.78, 5) is 11.9. The average Bonchev–Trinajstić information content (AvgIpc) is 2.44. The van der Waals surface area contributed by atoms with Crippen molar-refractivity contribution in [2.24, 2.45) is 0 Å². The van der Waals surface area contributed by atoms with E-state index < -0.39 is 0 Å². The van der Waals surface area contributed by atoms with Crippen molar-refractivity contribution in [1.82, 2.24) is 9.78 Å². The van der Waals surface area contributed by atoms with Crippen LogP contribution in [0.25, 0.3) is 0 Å². The van der Waals surface area contributed by atoms with Crippen LogP contribution in [0.3, 0.4) is 0 Å². The van der Waals surface area contributed by atoms with Gasteiger partial charge in [-0.3, -0.25) is 4.79 Å². The molecule has 1 heterocycles. The van der Waals surface area contributed by atoms with Crippen molar-refractivity contribution in [2.75, 3.05) is 0 Å². The van der Waals surface area contributed by atoms with Crippen LogP contribution in [0.2, 0.25) is 5.02 Å². The summed E-state index contributed by atoms with van der Waals surface area (Å²) in [6.07, 6.45) is 2.32. The van der Waals surface area contributed by atoms with Crippen molar-refractivity contribution in [1.29, 1.82) is 0 Å². The molecule has 1 aromatic heterocycles. The second-order valence-electron chi connectivity index (χ2n) is 4.13. The summed E-state index contributed by atoms with van der Waals surface area (Å²) in [5.74, 6) is 0.322. The molecule has 0 aliphatic rings. The summed E-state index contributed by atoms with van der Waals surface area (Å²) in [7, 11) is 0. The van der Waals surface area contributed by atoms with Gasteiger partial charge >= 0.3 is 0 Å². The Bertz CT molecular complexity index is 596. The Labute approximate surface area is 116 Å². The SMILES string of the molecule is CCCn1ncc(OCc2ccccc2)c(Cl)c1=O. The number of rotatable bonds is 5. The van der Waals surface area contributed by atoms with Gasteiger partial charge in [0.15, 0.2) is 10.8 Å². The number of hydrogen-bond acceptors (Lipinski definition) is 3. The second-order valence-corrected chi connectivity index (χ2v) is 4.50. The van der Waals surface area contributed by atoms with E-state index in [1.165, 1.54) is 10.9 Å². The maximum Gasteiger partial charge on any atom is 0.289 e. The van der Waals surface area contributed by atoms with Crippen molar-refractivity contribution < 1.29 is 4.74 Å². The molecule has 0 saturated heterocycles. The van der Waals surface area contributed by atoms with Crippen LogP contribution in [0, 0.1) is 0 Å². The molecule has 2 aromatic rings. The smallest absolute Gasteiger partial charge is 0.289 e. The molecule has 0 aliphatic heterocycles. The first-order valence-corrected chi connectivity index (χ1v) is 6.52. The van der Waals surface area contributed by atoms with Gasteiger partial charge in [0.2, 0.25) is 0 Å². The van der Waals surface area contributed by atoms with Gasteiger partial charge in [0.1, 0.15) is 6.61 Å². The van der Waals surface area contributed by atoms with E-state index in [2.05, 4.69) is 5.10 Å². The number of aryl methyl sites for hydroxylation is 1. The standard InChI is InChI=1S/C14H15ClN2O2/c1-2-8-17-14(18)13(15)12(9-16-17)19-10-11-6-4-3-5-7-11/h3-7,9H,2,8,10H2,1H3. The van der Waals surface area contributed by atoms with Gasteiger partial charge in [0.25, 0.3) is 5.56 Å². The molecule has 100 valence electrons. The van der Waals surface area contributed by atoms with Crippen LogP contribution in [-0.4, -0.2) is 9.78 Å². The summed E-state index contributed by atoms with van der Waals surface area (Å²) in [5, 5.41) is 4.12. The predicted octanol–water partition coefficient (Wildman–Crippen LogP) is 2.89. The topological polar surface area (TPSA) is 44.1 Å². The molecule has 0 aliphatic carbocycles. The van der Waals surface area contributed by atoms with Gasteiger partial charge in [-0.25, -0.2) is 4.68 Å². The van der Waals surface area contributed by atoms with Gasteiger partial charge in [0.05, 0.1) is 6.20 Å². The summed E-state index contributed by atoms with van der Waals surface area (Å²) in [5.41, 5.74) is 0.699. The number of nitrogens with zero attached hydrogens (tertiary/aromatic N) is 2. The lowest BCUT2D eigenvalue weighted by Gasteiger charge is -2.09. The van der Waals surface area contributed by atoms with E-state index in [0.29, 0.717) is 18.9 Å². The molecule has 0 amide bonds. The monoisotopic (exact) mass is 278 g/mol. The quantitative estimate of drug-likeness (QED) is 0.845. The predicted molar refractivity (Wildman–Crippen MR) is 74.6 cm³/mol. The van der Waals surface area contributed by atoms with Crippen LogP contribution in [0.15, 0.2) is 41.3 Å². The van der Waals surface area contributed by atoms with Crippen molar-refractivity contribution in [3.8, 4) is 5.75 Å². The third-order valence-electron chi connectivity index (χ3n) is 2.63. The maximum absolute atomic E-state index is 11.9. The van der Waals surface area contributed by atoms with E-state index >= 15 is 0 Å². The van der Waals surface area contributed by atoms with Crippen LogP contribution < -0.4 is 10.3 Å². The fourth-order valence-electron chi connectivity index (χ4n) is 1.66. The first-order chi connectivity index (χ1) is 9.22. The maximum atomic E-state index is 11.9. The normalized spacial score (nSPS) is 10.4. The number of aromatic nitrogens is 2. The first kappa shape index (κ1) is 13.6. The van der Waals surface area contributed by atoms with Crippen molar-refractivity contribution in [3.63, 3.8) is 0 Å². The first-order valence-electron chi connectivity index (χ1n) is 6.14. The minimum Gasteiger partial charge on any atom is -0.485 e. The van der Waals surface area contributed by atoms with Crippen molar-refractivity contribution >= 4 is 11.6 Å². The van der Waals surface area contributed by atoms with Gasteiger partial charge < -0.3 is 4.74 Å². The van der Waals surface area contributed by atoms with Crippen LogP contribution in [0.1, 0.15) is 18.9 Å². The zero-order chi connectivity index (χ0) is 13.7. The van der Waals surface area contributed by atoms with Crippen molar-refractivity contribution in [3.05, 3.63) is 57.5 Å². The Morgan fingerprint density at radius 1 is 1.32 bits per heavy atom. The number of ether oxygens (including phenoxy) is 1. The molecule has 0 atom stereocenters. The highest BCUT2D eigenvalue weighted by Crippen LogP contribution is 2.19. The molecule has 4 nitrogen and oxygen atoms in total. The Kier molecular flexibility index (Phi) is 4.58. The number of halogens is 1. The third-order valence-corrected chi connectivity index (χ3v) is 2.97. The van der Waals surface area contributed by atoms with E-state index in [9.17, 15) is 4.79 Å². The average molecular weight is 279 g/mol. The lowest BCUT2D eigenvalue weighted by molar-refractivity contribution is 0.302. The minimum atomic E-state index is -0.311. The van der Waals surface area contributed by atoms with E-state index in [1.807, 2.05) is 37.3 Å². The molecule has 0 spiro atoms. The highest BCUT2D eigenvalue weighted by molar-refractivity contribution is 6.31. The second kappa shape index (κ2) is 6.38. The fraction of sp³-hybridized carbons (Fsp3) is 0.286. The Hall–Kier alpha value is -1.81. The largest absolute Gasteiger partial charge is 0.485 e. The summed E-state index contributed by atoms with van der Waals surface area (Å²) in [6, 6.07) is 9.68. The van der Waals surface area contributed by atoms with E-state index in [0.717, 1.165) is 12.0 Å². The van der Waals surface area contributed by atoms with Gasteiger partial charge in [-0.2, -0.15) is 5.10 Å². The third kappa shape index (κ3) is 3.35. The highest BCUT2D eigenvalue weighted by atomic mass is 35.5. The fourth-order valence-corrected chi connectivity index (χ4v) is 1.86. The lowest BCUT2D eigenvalue weighted by Crippen LogP contribution is -2.23. The van der Waals surface area contributed by atoms with Crippen molar-refractivity contribution in [2.45, 2.75) is 26.5 Å². The lowest BCUT2D eigenvalue weighted by atomic mass is 10.2. The molecule has 0 fully saturated rings. The molecule has 19 heavy (non-hydrogen) atoms. The molecule has 0 bridgehead atoms. The number of hydrogen-bond donors (Lipinski definition) is 0. The van der Waals surface area contributed by atoms with Crippen LogP contribution >= 0.6 is 11.6 Å². The summed E-state index contributed by atoms with van der Waals surface area (Å²) < 4.78 is 6.87. The molecular weight excluding hydrogens is 264 g/mol. The molecule has 2 rings (SSSR count). The van der Waals surface area contributed by atoms with Crippen LogP contribution in [0.4, 0.5) is 0 Å². The Morgan fingerprint density at radius 3 is 2.74 bits per heavy atom. The molecule has 0 N–H and O–H groups in total. The zero-order valence-electron chi connectivity index (χ0n) is 10.7. The Balaban J connectivity index is 2.13. The number of benzene rings is 1. The van der Waals surface area contributed by atoms with Gasteiger partial charge in [-0.15, -0.1) is 0 Å². The molecular formula is C14H15ClN2O2. The van der Waals surface area contributed by atoms with Gasteiger partial charge in [-0.1, -0.05) is 48.9 Å². The van der Waals surface area contributed by atoms with Gasteiger partial charge in [0, 0.05) is 6.54 Å². The highest BCUT2D eigenvalue weighted by Gasteiger charge is 2.10. The van der Waals surface area contributed by atoms with Crippen LogP contribution in [0.5, 0.6) is 5.75 Å². The van der Waals surface area contributed by atoms with E-state index in [-0.39, 0.29) is 10.6 Å². The summed E-state index contributed by atoms with van der Waals surface area (Å²) >= 11 is 6.00. The molecule has 0 unspecified atom stereocenters. The molecule has 0 saturated carbocycles. The molecule has 0 radical (unpaired) electrons. The van der Waals surface area contributed by atoms with Crippen LogP contribution in [-0.2, 0) is 13.2 Å². The zero-order valence-corrected chi connectivity index (χ0v) is 11.4. The molecule has 5 heteroatoms. The Morgan fingerprint density at radius 2 is 2.05 bits per heavy atom.